The monoisotopic (exact) mass is 951 g/mol. The molecule has 5 aromatic carbocycles. The van der Waals surface area contributed by atoms with Crippen LogP contribution in [0.4, 0.5) is 0 Å². The van der Waals surface area contributed by atoms with E-state index in [-0.39, 0.29) is 97.2 Å². The van der Waals surface area contributed by atoms with Crippen molar-refractivity contribution in [3.05, 3.63) is 168 Å². The number of carboxylic acid groups (broad SMARTS) is 1. The smallest absolute Gasteiger partial charge is 0.335 e. The van der Waals surface area contributed by atoms with Crippen molar-refractivity contribution in [3.8, 4) is 11.5 Å². The minimum atomic E-state index is -1.87. The van der Waals surface area contributed by atoms with Crippen LogP contribution in [0.1, 0.15) is 88.9 Å². The fourth-order valence-electron chi connectivity index (χ4n) is 6.71. The van der Waals surface area contributed by atoms with Crippen LogP contribution in [0.5, 0.6) is 11.5 Å². The van der Waals surface area contributed by atoms with Crippen LogP contribution in [0.3, 0.4) is 0 Å². The Hall–Kier alpha value is -4.85. The molecule has 7 rings (SSSR count). The van der Waals surface area contributed by atoms with E-state index in [1.807, 2.05) is 19.9 Å². The summed E-state index contributed by atoms with van der Waals surface area (Å²) in [6.45, 7) is 17.3. The van der Waals surface area contributed by atoms with Gasteiger partial charge in [0, 0.05) is 46.8 Å². The molecular weight excluding hydrogens is 890 g/mol. The zero-order valence-corrected chi connectivity index (χ0v) is 41.4. The van der Waals surface area contributed by atoms with E-state index in [0.717, 1.165) is 20.9 Å². The summed E-state index contributed by atoms with van der Waals surface area (Å²) in [5, 5.41) is 11.4. The fourth-order valence-corrected chi connectivity index (χ4v) is 14.7. The van der Waals surface area contributed by atoms with Gasteiger partial charge in [-0.05, 0) is 113 Å². The number of carboxylic acids is 1. The number of hydrogen-bond donors (Lipinski definition) is 1. The molecule has 0 aromatic heterocycles. The molecule has 2 aliphatic heterocycles. The molecule has 329 valence electrons. The Morgan fingerprint density at radius 3 is 1.15 bits per heavy atom. The first kappa shape index (κ1) is 57.1. The number of fused-ring (bicyclic) bond motifs is 2. The maximum atomic E-state index is 12.0. The van der Waals surface area contributed by atoms with Gasteiger partial charge in [0.25, 0.3) is 23.6 Å². The number of aromatic carboxylic acids is 1. The summed E-state index contributed by atoms with van der Waals surface area (Å²) in [5.41, 5.74) is 6.16. The predicted molar refractivity (Wildman–Crippen MR) is 253 cm³/mol. The molecule has 0 bridgehead atoms. The average Bonchev–Trinajstić information content (AvgIpc) is 3.49. The van der Waals surface area contributed by atoms with Gasteiger partial charge in [-0.1, -0.05) is 91.7 Å². The molecule has 0 unspecified atom stereocenters. The van der Waals surface area contributed by atoms with Crippen molar-refractivity contribution >= 4 is 56.6 Å². The second-order valence-corrected chi connectivity index (χ2v) is 23.4. The van der Waals surface area contributed by atoms with Crippen LogP contribution in [0.25, 0.3) is 0 Å². The molecule has 5 aromatic rings. The van der Waals surface area contributed by atoms with Crippen LogP contribution in [0, 0.1) is 42.5 Å². The number of hydrogen-bond acceptors (Lipinski definition) is 7. The standard InChI is InChI=1S/C18H12N2O5.C18H26OSi2.C9H10O2.2CH4.2CH3.Y/c1-19-15(21)11-5-3-9(7-13(11)17(19)23)25-10-4-6-12-14(8-10)18(24)20(2)16(12)22;1-15-7-11-17(12-8-15)20(3,4)19-21(5,6)18-13-9-16(2)10-14-18;1-6-3-7(2)5-8(4-6)9(10)11;;;;;/h3-8H,1-2H3;7-14H,1-6H3;3-5H,1-2H3,(H,10,11);2*1H4;2*1H3;/q;;;;;2*-1;. The molecule has 0 atom stereocenters. The molecule has 1 radical (unpaired) electrons. The SMILES string of the molecule is C.C.CN1C(=O)c2ccc(Oc3ccc4c(c3)C(=O)N(C)C4=O)cc2C1=O.Cc1cc(C)cc(C(=O)O)c1.Cc1ccc([Si](C)(C)O[Si](C)(C)c2ccc(C)cc2)cc1.[CH3-].[CH3-].[Y]. The van der Waals surface area contributed by atoms with Crippen molar-refractivity contribution in [1.29, 1.82) is 0 Å². The van der Waals surface area contributed by atoms with E-state index in [4.69, 9.17) is 14.0 Å². The van der Waals surface area contributed by atoms with E-state index >= 15 is 0 Å². The molecule has 13 heteroatoms. The Labute approximate surface area is 396 Å². The summed E-state index contributed by atoms with van der Waals surface area (Å²) < 4.78 is 12.5. The molecule has 0 saturated heterocycles. The minimum Gasteiger partial charge on any atom is -0.478 e. The van der Waals surface area contributed by atoms with E-state index < -0.39 is 22.6 Å². The first-order valence-electron chi connectivity index (χ1n) is 18.5. The molecule has 1 N–H and O–H groups in total. The number of carbonyl (C=O) groups is 5. The van der Waals surface area contributed by atoms with Crippen molar-refractivity contribution in [3.63, 3.8) is 0 Å². The summed E-state index contributed by atoms with van der Waals surface area (Å²) >= 11 is 0. The van der Waals surface area contributed by atoms with Gasteiger partial charge in [0.2, 0.25) is 16.6 Å². The second-order valence-electron chi connectivity index (χ2n) is 15.4. The molecule has 2 heterocycles. The number of aryl methyl sites for hydroxylation is 4. The zero-order valence-electron chi connectivity index (χ0n) is 36.6. The van der Waals surface area contributed by atoms with Crippen molar-refractivity contribution in [2.45, 2.75) is 68.7 Å². The normalized spacial score (nSPS) is 12.3. The third kappa shape index (κ3) is 13.1. The van der Waals surface area contributed by atoms with Gasteiger partial charge in [0.1, 0.15) is 11.5 Å². The van der Waals surface area contributed by atoms with Crippen LogP contribution in [-0.4, -0.2) is 75.2 Å². The summed E-state index contributed by atoms with van der Waals surface area (Å²) in [7, 11) is -0.902. The minimum absolute atomic E-state index is 0. The third-order valence-electron chi connectivity index (χ3n) is 9.83. The van der Waals surface area contributed by atoms with Gasteiger partial charge < -0.3 is 28.8 Å². The quantitative estimate of drug-likeness (QED) is 0.0970. The van der Waals surface area contributed by atoms with Crippen LogP contribution in [0.15, 0.2) is 103 Å². The third-order valence-corrected chi connectivity index (χ3v) is 17.4. The molecule has 10 nitrogen and oxygen atoms in total. The number of imide groups is 2. The molecule has 0 spiro atoms. The molecule has 2 aliphatic rings. The van der Waals surface area contributed by atoms with Gasteiger partial charge >= 0.3 is 5.97 Å². The summed E-state index contributed by atoms with van der Waals surface area (Å²) in [5.74, 6) is -1.62. The number of carbonyl (C=O) groups excluding carboxylic acids is 4. The van der Waals surface area contributed by atoms with Crippen molar-refractivity contribution in [2.24, 2.45) is 0 Å². The van der Waals surface area contributed by atoms with Gasteiger partial charge in [-0.3, -0.25) is 29.0 Å². The van der Waals surface area contributed by atoms with E-state index in [0.29, 0.717) is 28.2 Å². The van der Waals surface area contributed by atoms with Crippen molar-refractivity contribution in [2.75, 3.05) is 14.1 Å². The number of nitrogens with zero attached hydrogens (tertiary/aromatic N) is 2. The zero-order chi connectivity index (χ0) is 42.0. The van der Waals surface area contributed by atoms with Gasteiger partial charge in [0.15, 0.2) is 0 Å². The fraction of sp³-hybridized carbons (Fsp3) is 0.245. The maximum absolute atomic E-state index is 12.0. The van der Waals surface area contributed by atoms with E-state index in [2.05, 4.69) is 88.6 Å². The Balaban J connectivity index is 0.000000921. The van der Waals surface area contributed by atoms with E-state index in [1.54, 1.807) is 24.3 Å². The maximum Gasteiger partial charge on any atom is 0.335 e. The number of ether oxygens (including phenoxy) is 1. The molecule has 0 aliphatic carbocycles. The van der Waals surface area contributed by atoms with Crippen LogP contribution in [0.2, 0.25) is 26.2 Å². The number of rotatable bonds is 7. The average molecular weight is 952 g/mol. The van der Waals surface area contributed by atoms with Gasteiger partial charge in [0.05, 0.1) is 27.8 Å². The molecule has 0 saturated carbocycles. The van der Waals surface area contributed by atoms with Gasteiger partial charge in [-0.2, -0.15) is 0 Å². The Morgan fingerprint density at radius 2 is 0.823 bits per heavy atom. The molecular formula is C49H62N2O8Si2Y-2. The Morgan fingerprint density at radius 1 is 0.500 bits per heavy atom. The summed E-state index contributed by atoms with van der Waals surface area (Å²) in [6.07, 6.45) is 0. The predicted octanol–water partition coefficient (Wildman–Crippen LogP) is 9.95. The van der Waals surface area contributed by atoms with Crippen LogP contribution in [-0.2, 0) is 36.8 Å². The topological polar surface area (TPSA) is 131 Å². The summed E-state index contributed by atoms with van der Waals surface area (Å²) in [4.78, 5) is 60.5. The van der Waals surface area contributed by atoms with Crippen molar-refractivity contribution < 1.29 is 70.6 Å². The molecule has 62 heavy (non-hydrogen) atoms. The second kappa shape index (κ2) is 23.0. The Bertz CT molecular complexity index is 2240. The van der Waals surface area contributed by atoms with Gasteiger partial charge in [-0.15, -0.1) is 0 Å². The number of amides is 4. The Kier molecular flexibility index (Phi) is 21.2. The summed E-state index contributed by atoms with van der Waals surface area (Å²) in [6, 6.07) is 32.2. The van der Waals surface area contributed by atoms with Crippen LogP contribution < -0.4 is 15.1 Å². The first-order chi connectivity index (χ1) is 26.7. The van der Waals surface area contributed by atoms with Gasteiger partial charge in [-0.25, -0.2) is 4.79 Å². The molecule has 0 fully saturated rings. The molecule has 4 amide bonds. The van der Waals surface area contributed by atoms with E-state index in [9.17, 15) is 24.0 Å². The largest absolute Gasteiger partial charge is 0.478 e. The number of benzene rings is 5. The van der Waals surface area contributed by atoms with E-state index in [1.165, 1.54) is 59.9 Å². The first-order valence-corrected chi connectivity index (χ1v) is 24.3. The van der Waals surface area contributed by atoms with Crippen LogP contribution >= 0.6 is 0 Å². The van der Waals surface area contributed by atoms with Crippen molar-refractivity contribution in [1.82, 2.24) is 9.80 Å².